The molecule has 0 aliphatic heterocycles. The van der Waals surface area contributed by atoms with Crippen molar-refractivity contribution in [1.29, 1.82) is 0 Å². The largest absolute Gasteiger partial charge is 0.496 e. The zero-order chi connectivity index (χ0) is 12.7. The van der Waals surface area contributed by atoms with E-state index >= 15 is 0 Å². The van der Waals surface area contributed by atoms with Crippen LogP contribution in [0.4, 0.5) is 0 Å². The molecule has 5 heteroatoms. The summed E-state index contributed by atoms with van der Waals surface area (Å²) in [5, 5.41) is 8.66. The van der Waals surface area contributed by atoms with Gasteiger partial charge >= 0.3 is 0 Å². The van der Waals surface area contributed by atoms with Gasteiger partial charge in [0, 0.05) is 17.8 Å². The Morgan fingerprint density at radius 3 is 2.18 bits per heavy atom. The summed E-state index contributed by atoms with van der Waals surface area (Å²) in [6.45, 7) is 0.379. The fraction of sp³-hybridized carbons (Fsp3) is 0.417. The Kier molecular flexibility index (Phi) is 5.29. The van der Waals surface area contributed by atoms with Crippen LogP contribution >= 0.6 is 0 Å². The van der Waals surface area contributed by atoms with Crippen LogP contribution in [-0.2, 0) is 0 Å². The molecule has 0 fully saturated rings. The second kappa shape index (κ2) is 6.75. The monoisotopic (exact) mass is 239 g/mol. The predicted molar refractivity (Wildman–Crippen MR) is 65.6 cm³/mol. The molecule has 0 heterocycles. The lowest BCUT2D eigenvalue weighted by atomic mass is 10.2. The maximum absolute atomic E-state index is 8.66. The van der Waals surface area contributed by atoms with E-state index in [1.807, 2.05) is 0 Å². The summed E-state index contributed by atoms with van der Waals surface area (Å²) in [6, 6.07) is 3.51. The van der Waals surface area contributed by atoms with Crippen LogP contribution in [0.25, 0.3) is 0 Å². The maximum atomic E-state index is 8.66. The summed E-state index contributed by atoms with van der Waals surface area (Å²) in [5.74, 6) is 1.85. The summed E-state index contributed by atoms with van der Waals surface area (Å²) >= 11 is 0. The predicted octanol–water partition coefficient (Wildman–Crippen LogP) is 1.12. The fourth-order valence-electron chi connectivity index (χ4n) is 1.37. The molecule has 5 nitrogen and oxygen atoms in total. The van der Waals surface area contributed by atoms with Crippen LogP contribution in [0.3, 0.4) is 0 Å². The third-order valence-corrected chi connectivity index (χ3v) is 2.20. The maximum Gasteiger partial charge on any atom is 0.164 e. The Balaban J connectivity index is 3.09. The number of ether oxygens (including phenoxy) is 3. The lowest BCUT2D eigenvalue weighted by Crippen LogP contribution is -1.97. The fourth-order valence-corrected chi connectivity index (χ4v) is 1.37. The first kappa shape index (κ1) is 13.3. The molecule has 0 bridgehead atoms. The van der Waals surface area contributed by atoms with Crippen LogP contribution in [-0.4, -0.2) is 45.8 Å². The summed E-state index contributed by atoms with van der Waals surface area (Å²) in [4.78, 5) is 4.05. The summed E-state index contributed by atoms with van der Waals surface area (Å²) in [7, 11) is 4.71. The highest BCUT2D eigenvalue weighted by molar-refractivity contribution is 5.85. The van der Waals surface area contributed by atoms with Crippen LogP contribution in [0.15, 0.2) is 17.1 Å². The number of hydrogen-bond donors (Lipinski definition) is 1. The second-order valence-electron chi connectivity index (χ2n) is 3.21. The van der Waals surface area contributed by atoms with Crippen LogP contribution < -0.4 is 14.2 Å². The third-order valence-electron chi connectivity index (χ3n) is 2.20. The molecule has 0 amide bonds. The molecule has 0 aliphatic carbocycles. The van der Waals surface area contributed by atoms with E-state index in [0.29, 0.717) is 23.8 Å². The number of methoxy groups -OCH3 is 3. The molecule has 94 valence electrons. The van der Waals surface area contributed by atoms with Gasteiger partial charge in [-0.2, -0.15) is 0 Å². The SMILES string of the molecule is COc1cc(OC)c(OC)cc1C=NCCO. The number of aliphatic hydroxyl groups excluding tert-OH is 1. The van der Waals surface area contributed by atoms with Crippen LogP contribution in [0.2, 0.25) is 0 Å². The molecule has 0 radical (unpaired) electrons. The van der Waals surface area contributed by atoms with Gasteiger partial charge in [0.2, 0.25) is 0 Å². The van der Waals surface area contributed by atoms with E-state index in [0.717, 1.165) is 5.56 Å². The summed E-state index contributed by atoms with van der Waals surface area (Å²) in [5.41, 5.74) is 0.776. The number of nitrogens with zero attached hydrogens (tertiary/aromatic N) is 1. The van der Waals surface area contributed by atoms with Crippen LogP contribution in [0.1, 0.15) is 5.56 Å². The van der Waals surface area contributed by atoms with Crippen LogP contribution in [0, 0.1) is 0 Å². The summed E-state index contributed by atoms with van der Waals surface area (Å²) in [6.07, 6.45) is 1.64. The molecular weight excluding hydrogens is 222 g/mol. The van der Waals surface area contributed by atoms with Crippen molar-refractivity contribution >= 4 is 6.21 Å². The van der Waals surface area contributed by atoms with Crippen molar-refractivity contribution in [1.82, 2.24) is 0 Å². The minimum atomic E-state index is 0.0199. The zero-order valence-corrected chi connectivity index (χ0v) is 10.3. The van der Waals surface area contributed by atoms with E-state index in [-0.39, 0.29) is 6.61 Å². The first-order valence-corrected chi connectivity index (χ1v) is 5.17. The molecule has 17 heavy (non-hydrogen) atoms. The minimum absolute atomic E-state index is 0.0199. The van der Waals surface area contributed by atoms with Crippen molar-refractivity contribution in [3.63, 3.8) is 0 Å². The molecule has 1 rings (SSSR count). The van der Waals surface area contributed by atoms with E-state index in [1.165, 1.54) is 0 Å². The van der Waals surface area contributed by atoms with Gasteiger partial charge in [0.05, 0.1) is 34.5 Å². The highest BCUT2D eigenvalue weighted by Crippen LogP contribution is 2.33. The molecule has 0 aromatic heterocycles. The van der Waals surface area contributed by atoms with Crippen molar-refractivity contribution in [3.8, 4) is 17.2 Å². The van der Waals surface area contributed by atoms with E-state index < -0.39 is 0 Å². The van der Waals surface area contributed by atoms with E-state index in [2.05, 4.69) is 4.99 Å². The van der Waals surface area contributed by atoms with Crippen molar-refractivity contribution in [2.24, 2.45) is 4.99 Å². The molecule has 0 unspecified atom stereocenters. The second-order valence-corrected chi connectivity index (χ2v) is 3.21. The number of rotatable bonds is 6. The standard InChI is InChI=1S/C12H17NO4/c1-15-10-7-12(17-3)11(16-2)6-9(10)8-13-4-5-14/h6-8,14H,4-5H2,1-3H3. The lowest BCUT2D eigenvalue weighted by Gasteiger charge is -2.11. The van der Waals surface area contributed by atoms with Crippen molar-refractivity contribution in [2.75, 3.05) is 34.5 Å². The number of benzene rings is 1. The van der Waals surface area contributed by atoms with Gasteiger partial charge < -0.3 is 19.3 Å². The van der Waals surface area contributed by atoms with Crippen LogP contribution in [0.5, 0.6) is 17.2 Å². The molecule has 1 N–H and O–H groups in total. The molecule has 0 spiro atoms. The first-order chi connectivity index (χ1) is 8.26. The van der Waals surface area contributed by atoms with Gasteiger partial charge in [-0.3, -0.25) is 4.99 Å². The zero-order valence-electron chi connectivity index (χ0n) is 10.3. The number of aliphatic imine (C=N–C) groups is 1. The Labute approximate surface area is 101 Å². The molecule has 0 atom stereocenters. The molecule has 0 saturated carbocycles. The van der Waals surface area contributed by atoms with Gasteiger partial charge in [-0.15, -0.1) is 0 Å². The first-order valence-electron chi connectivity index (χ1n) is 5.17. The lowest BCUT2D eigenvalue weighted by molar-refractivity contribution is 0.307. The topological polar surface area (TPSA) is 60.3 Å². The van der Waals surface area contributed by atoms with E-state index in [9.17, 15) is 0 Å². The van der Waals surface area contributed by atoms with Gasteiger partial charge in [-0.1, -0.05) is 0 Å². The molecule has 1 aromatic carbocycles. The quantitative estimate of drug-likeness (QED) is 0.756. The average molecular weight is 239 g/mol. The Hall–Kier alpha value is -1.75. The number of hydrogen-bond acceptors (Lipinski definition) is 5. The molecule has 0 aliphatic rings. The Morgan fingerprint density at radius 1 is 1.06 bits per heavy atom. The smallest absolute Gasteiger partial charge is 0.164 e. The van der Waals surface area contributed by atoms with Gasteiger partial charge in [0.25, 0.3) is 0 Å². The third kappa shape index (κ3) is 3.35. The van der Waals surface area contributed by atoms with Gasteiger partial charge in [0.15, 0.2) is 11.5 Å². The highest BCUT2D eigenvalue weighted by Gasteiger charge is 2.09. The van der Waals surface area contributed by atoms with Crippen molar-refractivity contribution in [2.45, 2.75) is 0 Å². The van der Waals surface area contributed by atoms with Gasteiger partial charge in [-0.25, -0.2) is 0 Å². The highest BCUT2D eigenvalue weighted by atomic mass is 16.5. The van der Waals surface area contributed by atoms with E-state index in [1.54, 1.807) is 39.7 Å². The normalized spacial score (nSPS) is 10.6. The molecule has 1 aromatic rings. The minimum Gasteiger partial charge on any atom is -0.496 e. The van der Waals surface area contributed by atoms with E-state index in [4.69, 9.17) is 19.3 Å². The Bertz CT molecular complexity index is 390. The molecular formula is C12H17NO4. The number of aliphatic hydroxyl groups is 1. The molecule has 0 saturated heterocycles. The average Bonchev–Trinajstić information content (AvgIpc) is 2.38. The Morgan fingerprint density at radius 2 is 1.65 bits per heavy atom. The summed E-state index contributed by atoms with van der Waals surface area (Å²) < 4.78 is 15.6. The van der Waals surface area contributed by atoms with Gasteiger partial charge in [0.1, 0.15) is 5.75 Å². The van der Waals surface area contributed by atoms with Crippen molar-refractivity contribution < 1.29 is 19.3 Å². The van der Waals surface area contributed by atoms with Gasteiger partial charge in [-0.05, 0) is 6.07 Å². The van der Waals surface area contributed by atoms with Crippen molar-refractivity contribution in [3.05, 3.63) is 17.7 Å².